The minimum absolute atomic E-state index is 0.199. The van der Waals surface area contributed by atoms with E-state index in [1.54, 1.807) is 30.3 Å². The van der Waals surface area contributed by atoms with E-state index in [-0.39, 0.29) is 4.90 Å². The minimum Gasteiger partial charge on any atom is -0.417 e. The largest absolute Gasteiger partial charge is 0.417 e. The molecule has 0 amide bonds. The average Bonchev–Trinajstić information content (AvgIpc) is 3.55. The molecule has 0 aliphatic rings. The summed E-state index contributed by atoms with van der Waals surface area (Å²) < 4.78 is 39.2. The molecule has 0 saturated heterocycles. The van der Waals surface area contributed by atoms with Crippen molar-refractivity contribution >= 4 is 44.1 Å². The van der Waals surface area contributed by atoms with E-state index in [1.807, 2.05) is 60.7 Å². The normalized spacial score (nSPS) is 12.1. The fourth-order valence-electron chi connectivity index (χ4n) is 3.93. The van der Waals surface area contributed by atoms with E-state index in [0.717, 1.165) is 11.1 Å². The summed E-state index contributed by atoms with van der Waals surface area (Å²) >= 11 is 0. The third-order valence-electron chi connectivity index (χ3n) is 5.64. The number of aromatic nitrogens is 5. The van der Waals surface area contributed by atoms with Gasteiger partial charge in [0.15, 0.2) is 0 Å². The summed E-state index contributed by atoms with van der Waals surface area (Å²) in [7, 11) is -4.43. The summed E-state index contributed by atoms with van der Waals surface area (Å²) in [6.07, 6.45) is 3.59. The highest BCUT2D eigenvalue weighted by Crippen LogP contribution is 2.30. The highest BCUT2D eigenvalue weighted by molar-refractivity contribution is 7.86. The van der Waals surface area contributed by atoms with Crippen LogP contribution < -0.4 is 0 Å². The van der Waals surface area contributed by atoms with Gasteiger partial charge in [-0.25, -0.2) is 0 Å². The van der Waals surface area contributed by atoms with Gasteiger partial charge in [0, 0.05) is 22.4 Å². The summed E-state index contributed by atoms with van der Waals surface area (Å²) in [6.45, 7) is 0. The number of hydrogen-bond donors (Lipinski definition) is 1. The van der Waals surface area contributed by atoms with Gasteiger partial charge in [-0.15, -0.1) is 20.4 Å². The highest BCUT2D eigenvalue weighted by atomic mass is 32.2. The lowest BCUT2D eigenvalue weighted by atomic mass is 10.1. The Labute approximate surface area is 205 Å². The smallest absolute Gasteiger partial charge is 0.295 e. The van der Waals surface area contributed by atoms with E-state index in [2.05, 4.69) is 20.4 Å². The molecule has 6 aromatic rings. The van der Waals surface area contributed by atoms with Crippen LogP contribution in [0.5, 0.6) is 0 Å². The molecule has 0 fully saturated rings. The summed E-state index contributed by atoms with van der Waals surface area (Å²) in [5, 5.41) is 18.1. The van der Waals surface area contributed by atoms with Gasteiger partial charge in [-0.3, -0.25) is 4.55 Å². The van der Waals surface area contributed by atoms with Crippen molar-refractivity contribution in [2.75, 3.05) is 0 Å². The van der Waals surface area contributed by atoms with E-state index in [4.69, 9.17) is 4.42 Å². The molecule has 10 heteroatoms. The van der Waals surface area contributed by atoms with Crippen molar-refractivity contribution in [3.8, 4) is 17.1 Å². The molecular formula is C26H17N5O4S. The first kappa shape index (κ1) is 21.8. The fraction of sp³-hybridized carbons (Fsp3) is 0. The van der Waals surface area contributed by atoms with E-state index in [1.165, 1.54) is 10.9 Å². The maximum Gasteiger partial charge on any atom is 0.295 e. The number of hydrogen-bond acceptors (Lipinski definition) is 7. The minimum atomic E-state index is -4.43. The Balaban J connectivity index is 1.29. The first-order chi connectivity index (χ1) is 17.5. The van der Waals surface area contributed by atoms with E-state index in [0.29, 0.717) is 39.3 Å². The zero-order valence-electron chi connectivity index (χ0n) is 18.6. The van der Waals surface area contributed by atoms with Gasteiger partial charge in [0.2, 0.25) is 11.8 Å². The number of rotatable bonds is 5. The van der Waals surface area contributed by atoms with Gasteiger partial charge in [-0.05, 0) is 42.0 Å². The topological polar surface area (TPSA) is 124 Å². The van der Waals surface area contributed by atoms with Crippen molar-refractivity contribution in [1.29, 1.82) is 0 Å². The molecule has 36 heavy (non-hydrogen) atoms. The Morgan fingerprint density at radius 1 is 0.806 bits per heavy atom. The van der Waals surface area contributed by atoms with Crippen LogP contribution in [0.1, 0.15) is 11.5 Å². The van der Waals surface area contributed by atoms with Crippen LogP contribution in [-0.4, -0.2) is 38.2 Å². The number of fused-ring (bicyclic) bond motifs is 3. The molecule has 176 valence electrons. The van der Waals surface area contributed by atoms with Crippen LogP contribution in [-0.2, 0) is 10.1 Å². The summed E-state index contributed by atoms with van der Waals surface area (Å²) in [5.41, 5.74) is 3.33. The Morgan fingerprint density at radius 3 is 2.28 bits per heavy atom. The van der Waals surface area contributed by atoms with Gasteiger partial charge in [0.05, 0.1) is 5.69 Å². The lowest BCUT2D eigenvalue weighted by Gasteiger charge is -2.03. The summed E-state index contributed by atoms with van der Waals surface area (Å²) in [5.74, 6) is 0.839. The molecule has 0 spiro atoms. The third-order valence-corrected chi connectivity index (χ3v) is 6.53. The molecule has 2 aromatic heterocycles. The van der Waals surface area contributed by atoms with Crippen LogP contribution in [0.2, 0.25) is 0 Å². The molecule has 6 rings (SSSR count). The Hall–Kier alpha value is -4.67. The van der Waals surface area contributed by atoms with Gasteiger partial charge in [-0.2, -0.15) is 13.2 Å². The lowest BCUT2D eigenvalue weighted by Crippen LogP contribution is -1.99. The second-order valence-corrected chi connectivity index (χ2v) is 9.38. The zero-order chi connectivity index (χ0) is 24.7. The third kappa shape index (κ3) is 4.04. The molecule has 4 aromatic carbocycles. The van der Waals surface area contributed by atoms with Gasteiger partial charge in [0.25, 0.3) is 10.1 Å². The molecule has 0 bridgehead atoms. The van der Waals surface area contributed by atoms with E-state index < -0.39 is 10.1 Å². The van der Waals surface area contributed by atoms with Crippen LogP contribution in [0.4, 0.5) is 0 Å². The van der Waals surface area contributed by atoms with Gasteiger partial charge in [-0.1, -0.05) is 54.6 Å². The SMILES string of the molecule is O=S(=O)(O)c1cc2nn(-c3ccc(/C=C/c4nnc(-c5ccccc5)o4)cc3)nc2c2ccccc12. The zero-order valence-corrected chi connectivity index (χ0v) is 19.4. The van der Waals surface area contributed by atoms with Crippen LogP contribution in [0.3, 0.4) is 0 Å². The van der Waals surface area contributed by atoms with Crippen molar-refractivity contribution in [3.63, 3.8) is 0 Å². The molecule has 0 aliphatic heterocycles. The maximum atomic E-state index is 11.9. The van der Waals surface area contributed by atoms with Crippen molar-refractivity contribution in [2.24, 2.45) is 0 Å². The van der Waals surface area contributed by atoms with Crippen molar-refractivity contribution < 1.29 is 17.4 Å². The number of benzene rings is 4. The molecular weight excluding hydrogens is 478 g/mol. The maximum absolute atomic E-state index is 11.9. The Morgan fingerprint density at radius 2 is 1.53 bits per heavy atom. The molecule has 0 aliphatic carbocycles. The number of nitrogens with zero attached hydrogens (tertiary/aromatic N) is 5. The Bertz CT molecular complexity index is 1860. The second kappa shape index (κ2) is 8.52. The quantitative estimate of drug-likeness (QED) is 0.330. The molecule has 0 radical (unpaired) electrons. The predicted molar refractivity (Wildman–Crippen MR) is 135 cm³/mol. The summed E-state index contributed by atoms with van der Waals surface area (Å²) in [4.78, 5) is 1.23. The standard InChI is InChI=1S/C26H17N5O4S/c32-36(33,34)23-16-22-25(21-9-5-4-8-20(21)23)30-31(29-22)19-13-10-17(11-14-19)12-15-24-27-28-26(35-24)18-6-2-1-3-7-18/h1-16H,(H,32,33,34)/b15-12+. The van der Waals surface area contributed by atoms with Crippen molar-refractivity contribution in [1.82, 2.24) is 25.2 Å². The second-order valence-electron chi connectivity index (χ2n) is 7.99. The van der Waals surface area contributed by atoms with Crippen molar-refractivity contribution in [3.05, 3.63) is 96.4 Å². The molecule has 0 unspecified atom stereocenters. The van der Waals surface area contributed by atoms with Crippen LogP contribution in [0.25, 0.3) is 51.1 Å². The Kier molecular flexibility index (Phi) is 5.17. The van der Waals surface area contributed by atoms with Crippen LogP contribution in [0, 0.1) is 0 Å². The summed E-state index contributed by atoms with van der Waals surface area (Å²) in [6, 6.07) is 25.2. The first-order valence-electron chi connectivity index (χ1n) is 10.9. The van der Waals surface area contributed by atoms with E-state index >= 15 is 0 Å². The van der Waals surface area contributed by atoms with Gasteiger partial charge < -0.3 is 4.42 Å². The lowest BCUT2D eigenvalue weighted by molar-refractivity contribution is 0.484. The van der Waals surface area contributed by atoms with Gasteiger partial charge >= 0.3 is 0 Å². The van der Waals surface area contributed by atoms with Gasteiger partial charge in [0.1, 0.15) is 15.9 Å². The molecule has 0 atom stereocenters. The van der Waals surface area contributed by atoms with Crippen LogP contribution >= 0.6 is 0 Å². The average molecular weight is 496 g/mol. The monoisotopic (exact) mass is 495 g/mol. The molecule has 1 N–H and O–H groups in total. The molecule has 9 nitrogen and oxygen atoms in total. The molecule has 2 heterocycles. The fourth-order valence-corrected chi connectivity index (χ4v) is 4.64. The van der Waals surface area contributed by atoms with Crippen LogP contribution in [0.15, 0.2) is 94.2 Å². The first-order valence-corrected chi connectivity index (χ1v) is 12.3. The van der Waals surface area contributed by atoms with E-state index in [9.17, 15) is 13.0 Å². The molecule has 0 saturated carbocycles. The predicted octanol–water partition coefficient (Wildman–Crippen LogP) is 5.04. The van der Waals surface area contributed by atoms with Crippen molar-refractivity contribution in [2.45, 2.75) is 4.90 Å². The highest BCUT2D eigenvalue weighted by Gasteiger charge is 2.19.